The first-order valence-electron chi connectivity index (χ1n) is 11.4. The number of benzene rings is 1. The van der Waals surface area contributed by atoms with Gasteiger partial charge in [-0.05, 0) is 42.9 Å². The Kier molecular flexibility index (Phi) is 6.45. The number of carbonyl (C=O) groups excluding carboxylic acids is 2. The van der Waals surface area contributed by atoms with E-state index >= 15 is 0 Å². The molecule has 0 bridgehead atoms. The number of piperidine rings is 1. The van der Waals surface area contributed by atoms with Crippen molar-refractivity contribution in [1.29, 1.82) is 0 Å². The zero-order chi connectivity index (χ0) is 24.6. The first kappa shape index (κ1) is 23.9. The number of nitrogens with zero attached hydrogens (tertiary/aromatic N) is 3. The maximum absolute atomic E-state index is 13.8. The zero-order valence-corrected chi connectivity index (χ0v) is 19.4. The van der Waals surface area contributed by atoms with Gasteiger partial charge in [-0.15, -0.1) is 6.42 Å². The van der Waals surface area contributed by atoms with Gasteiger partial charge < -0.3 is 11.1 Å². The monoisotopic (exact) mass is 469 g/mol. The van der Waals surface area contributed by atoms with E-state index < -0.39 is 18.0 Å². The third kappa shape index (κ3) is 4.68. The maximum Gasteiger partial charge on any atom is 0.282 e. The van der Waals surface area contributed by atoms with Gasteiger partial charge in [-0.2, -0.15) is 5.10 Å². The molecule has 4 rings (SSSR count). The third-order valence-electron chi connectivity index (χ3n) is 6.55. The van der Waals surface area contributed by atoms with Crippen LogP contribution in [-0.4, -0.2) is 52.0 Å². The largest absolute Gasteiger partial charge is 0.382 e. The molecule has 0 unspecified atom stereocenters. The molecule has 0 radical (unpaired) electrons. The zero-order valence-electron chi connectivity index (χ0n) is 19.4. The fourth-order valence-corrected chi connectivity index (χ4v) is 4.93. The lowest BCUT2D eigenvalue weighted by molar-refractivity contribution is 0.0896. The Morgan fingerprint density at radius 2 is 2.03 bits per heavy atom. The van der Waals surface area contributed by atoms with Gasteiger partial charge in [0.05, 0.1) is 29.1 Å². The summed E-state index contributed by atoms with van der Waals surface area (Å²) in [6, 6.07) is 4.99. The van der Waals surface area contributed by atoms with Crippen LogP contribution in [0.25, 0.3) is 5.69 Å². The molecular formula is C25H29F2N5O2. The lowest BCUT2D eigenvalue weighted by Crippen LogP contribution is -2.39. The van der Waals surface area contributed by atoms with Crippen LogP contribution in [0, 0.1) is 17.8 Å². The topological polar surface area (TPSA) is 93.2 Å². The first-order chi connectivity index (χ1) is 16.1. The molecule has 1 saturated heterocycles. The second kappa shape index (κ2) is 9.18. The highest BCUT2D eigenvalue weighted by Crippen LogP contribution is 2.39. The Labute approximate surface area is 197 Å². The van der Waals surface area contributed by atoms with Gasteiger partial charge in [-0.3, -0.25) is 14.5 Å². The molecule has 1 amide bonds. The number of anilines is 1. The molecular weight excluding hydrogens is 440 g/mol. The van der Waals surface area contributed by atoms with Gasteiger partial charge in [0, 0.05) is 31.2 Å². The van der Waals surface area contributed by atoms with Crippen LogP contribution in [0.4, 0.5) is 14.5 Å². The van der Waals surface area contributed by atoms with Crippen molar-refractivity contribution >= 4 is 17.4 Å². The van der Waals surface area contributed by atoms with Crippen molar-refractivity contribution in [3.63, 3.8) is 0 Å². The minimum absolute atomic E-state index is 0.0173. The molecule has 34 heavy (non-hydrogen) atoms. The summed E-state index contributed by atoms with van der Waals surface area (Å²) < 4.78 is 29.0. The predicted octanol–water partition coefficient (Wildman–Crippen LogP) is 3.57. The van der Waals surface area contributed by atoms with Crippen LogP contribution in [0.5, 0.6) is 0 Å². The number of likely N-dealkylation sites (tertiary alicyclic amines) is 1. The number of halogens is 2. The van der Waals surface area contributed by atoms with Crippen molar-refractivity contribution < 1.29 is 18.4 Å². The van der Waals surface area contributed by atoms with Crippen LogP contribution in [0.15, 0.2) is 18.2 Å². The number of terminal acetylenes is 1. The highest BCUT2D eigenvalue weighted by atomic mass is 19.3. The van der Waals surface area contributed by atoms with Gasteiger partial charge in [0.2, 0.25) is 0 Å². The van der Waals surface area contributed by atoms with Crippen LogP contribution in [-0.2, 0) is 6.42 Å². The molecule has 2 heterocycles. The van der Waals surface area contributed by atoms with E-state index in [1.807, 2.05) is 13.8 Å². The average molecular weight is 470 g/mol. The van der Waals surface area contributed by atoms with Gasteiger partial charge in [0.1, 0.15) is 5.69 Å². The molecule has 3 N–H and O–H groups in total. The van der Waals surface area contributed by atoms with Gasteiger partial charge >= 0.3 is 0 Å². The molecule has 2 aromatic rings. The standard InChI is InChI=1S/C25H29F2N5O2/c1-4-9-31-10-7-15(8-11-31)29-18-12-16(5-6-17(18)24(28)34)32-19-13-25(2,3)14-20(33)21(19)22(30-32)23(26)27/h1,5-6,12,15,23,29H,7-11,13-14H2,2-3H3,(H2,28,34). The maximum atomic E-state index is 13.8. The summed E-state index contributed by atoms with van der Waals surface area (Å²) in [6.07, 6.45) is 4.83. The molecule has 1 aromatic carbocycles. The van der Waals surface area contributed by atoms with Crippen molar-refractivity contribution in [2.75, 3.05) is 25.0 Å². The van der Waals surface area contributed by atoms with Crippen LogP contribution in [0.1, 0.15) is 71.6 Å². The van der Waals surface area contributed by atoms with E-state index in [1.54, 1.807) is 18.2 Å². The molecule has 1 aliphatic heterocycles. The van der Waals surface area contributed by atoms with Crippen LogP contribution in [0.3, 0.4) is 0 Å². The van der Waals surface area contributed by atoms with E-state index in [1.165, 1.54) is 4.68 Å². The Bertz CT molecular complexity index is 1160. The molecule has 1 aromatic heterocycles. The third-order valence-corrected chi connectivity index (χ3v) is 6.55. The number of nitrogens with two attached hydrogens (primary N) is 1. The van der Waals surface area contributed by atoms with Crippen LogP contribution in [0.2, 0.25) is 0 Å². The van der Waals surface area contributed by atoms with Crippen LogP contribution < -0.4 is 11.1 Å². The summed E-state index contributed by atoms with van der Waals surface area (Å²) in [4.78, 5) is 27.0. The summed E-state index contributed by atoms with van der Waals surface area (Å²) in [6.45, 7) is 6.12. The number of alkyl halides is 2. The summed E-state index contributed by atoms with van der Waals surface area (Å²) in [7, 11) is 0. The number of hydrogen-bond donors (Lipinski definition) is 2. The Balaban J connectivity index is 1.71. The van der Waals surface area contributed by atoms with Crippen molar-refractivity contribution in [3.8, 4) is 18.0 Å². The molecule has 9 heteroatoms. The summed E-state index contributed by atoms with van der Waals surface area (Å²) in [5, 5.41) is 7.55. The van der Waals surface area contributed by atoms with E-state index in [9.17, 15) is 18.4 Å². The number of amides is 1. The first-order valence-corrected chi connectivity index (χ1v) is 11.4. The number of hydrogen-bond acceptors (Lipinski definition) is 5. The molecule has 0 spiro atoms. The van der Waals surface area contributed by atoms with Crippen molar-refractivity contribution in [1.82, 2.24) is 14.7 Å². The molecule has 2 aliphatic rings. The second-order valence-electron chi connectivity index (χ2n) is 9.85. The number of primary amides is 1. The van der Waals surface area contributed by atoms with E-state index in [4.69, 9.17) is 12.2 Å². The van der Waals surface area contributed by atoms with Crippen LogP contribution >= 0.6 is 0 Å². The number of Topliss-reactive ketones (excluding diaryl/α,β-unsaturated/α-hetero) is 1. The lowest BCUT2D eigenvalue weighted by atomic mass is 9.75. The minimum atomic E-state index is -2.86. The molecule has 1 aliphatic carbocycles. The van der Waals surface area contributed by atoms with Gasteiger partial charge in [0.25, 0.3) is 12.3 Å². The van der Waals surface area contributed by atoms with Gasteiger partial charge in [-0.1, -0.05) is 19.8 Å². The fourth-order valence-electron chi connectivity index (χ4n) is 4.93. The van der Waals surface area contributed by atoms with Crippen molar-refractivity contribution in [2.45, 2.75) is 52.0 Å². The summed E-state index contributed by atoms with van der Waals surface area (Å²) in [5.74, 6) is 1.74. The molecule has 0 saturated carbocycles. The normalized spacial score (nSPS) is 18.5. The van der Waals surface area contributed by atoms with E-state index in [0.717, 1.165) is 25.9 Å². The minimum Gasteiger partial charge on any atom is -0.382 e. The number of nitrogens with one attached hydrogen (secondary N) is 1. The Morgan fingerprint density at radius 3 is 2.65 bits per heavy atom. The predicted molar refractivity (Wildman–Crippen MR) is 125 cm³/mol. The summed E-state index contributed by atoms with van der Waals surface area (Å²) >= 11 is 0. The SMILES string of the molecule is C#CCN1CCC(Nc2cc(-n3nc(C(F)F)c4c3CC(C)(C)CC4=O)ccc2C(N)=O)CC1. The Hall–Kier alpha value is -3.25. The highest BCUT2D eigenvalue weighted by molar-refractivity contribution is 6.00. The Morgan fingerprint density at radius 1 is 1.32 bits per heavy atom. The number of rotatable bonds is 6. The molecule has 180 valence electrons. The van der Waals surface area contributed by atoms with Crippen molar-refractivity contribution in [2.24, 2.45) is 11.1 Å². The molecule has 1 fully saturated rings. The number of carbonyl (C=O) groups is 2. The number of ketones is 1. The second-order valence-corrected chi connectivity index (χ2v) is 9.85. The fraction of sp³-hybridized carbons (Fsp3) is 0.480. The quantitative estimate of drug-likeness (QED) is 0.631. The van der Waals surface area contributed by atoms with E-state index in [2.05, 4.69) is 21.2 Å². The van der Waals surface area contributed by atoms with E-state index in [-0.39, 0.29) is 29.2 Å². The van der Waals surface area contributed by atoms with Gasteiger partial charge in [0.15, 0.2) is 5.78 Å². The molecule has 7 nitrogen and oxygen atoms in total. The number of aromatic nitrogens is 2. The molecule has 0 atom stereocenters. The highest BCUT2D eigenvalue weighted by Gasteiger charge is 2.38. The average Bonchev–Trinajstić information content (AvgIpc) is 3.14. The summed E-state index contributed by atoms with van der Waals surface area (Å²) in [5.41, 5.74) is 6.54. The smallest absolute Gasteiger partial charge is 0.282 e. The van der Waals surface area contributed by atoms with Gasteiger partial charge in [-0.25, -0.2) is 13.5 Å². The lowest BCUT2D eigenvalue weighted by Gasteiger charge is -2.32. The number of fused-ring (bicyclic) bond motifs is 1. The van der Waals surface area contributed by atoms with Crippen molar-refractivity contribution in [3.05, 3.63) is 40.7 Å². The van der Waals surface area contributed by atoms with E-state index in [0.29, 0.717) is 35.6 Å².